The molecule has 0 aromatic rings. The highest BCUT2D eigenvalue weighted by Gasteiger charge is 3.01. The number of esters is 2. The van der Waals surface area contributed by atoms with Crippen molar-refractivity contribution in [2.24, 2.45) is 28.1 Å². The Kier molecular flexibility index (Phi) is 3.57. The molecule has 4 aliphatic heterocycles. The minimum atomic E-state index is -1.57. The summed E-state index contributed by atoms with van der Waals surface area (Å²) in [6, 6.07) is 0. The van der Waals surface area contributed by atoms with Crippen molar-refractivity contribution in [2.45, 2.75) is 82.6 Å². The van der Waals surface area contributed by atoms with Crippen molar-refractivity contribution in [3.8, 4) is 0 Å². The first-order chi connectivity index (χ1) is 14.5. The number of rotatable bonds is 2. The van der Waals surface area contributed by atoms with Crippen molar-refractivity contribution >= 4 is 11.9 Å². The summed E-state index contributed by atoms with van der Waals surface area (Å²) < 4.78 is 36.3. The molecule has 7 unspecified atom stereocenters. The van der Waals surface area contributed by atoms with E-state index in [-0.39, 0.29) is 11.3 Å². The van der Waals surface area contributed by atoms with E-state index in [1.54, 1.807) is 6.92 Å². The summed E-state index contributed by atoms with van der Waals surface area (Å²) in [7, 11) is 3.01. The molecular weight excluding hydrogens is 408 g/mol. The summed E-state index contributed by atoms with van der Waals surface area (Å²) in [5.41, 5.74) is -4.98. The number of carbonyl (C=O) groups excluding carboxylic acids is 2. The van der Waals surface area contributed by atoms with Crippen LogP contribution in [0.4, 0.5) is 0 Å². The number of carbonyl (C=O) groups is 2. The molecule has 0 aromatic carbocycles. The van der Waals surface area contributed by atoms with Gasteiger partial charge in [0.2, 0.25) is 11.9 Å². The van der Waals surface area contributed by atoms with Crippen LogP contribution in [-0.4, -0.2) is 73.4 Å². The zero-order valence-corrected chi connectivity index (χ0v) is 18.7. The normalized spacial score (nSPS) is 58.7. The van der Waals surface area contributed by atoms with Crippen LogP contribution in [0.5, 0.6) is 0 Å². The number of ether oxygens (including phenoxy) is 6. The number of methoxy groups -OCH3 is 2. The molecule has 1 N–H and O–H groups in total. The van der Waals surface area contributed by atoms with E-state index in [0.717, 1.165) is 0 Å². The summed E-state index contributed by atoms with van der Waals surface area (Å²) in [6.45, 7) is 8.14. The molecule has 6 aliphatic rings. The first-order valence-electron chi connectivity index (χ1n) is 11.0. The fourth-order valence-electron chi connectivity index (χ4n) is 8.89. The highest BCUT2D eigenvalue weighted by Crippen LogP contribution is 2.85. The van der Waals surface area contributed by atoms with Gasteiger partial charge in [-0.1, -0.05) is 27.7 Å². The molecule has 2 aliphatic carbocycles. The van der Waals surface area contributed by atoms with Crippen molar-refractivity contribution < 1.29 is 43.1 Å². The summed E-state index contributed by atoms with van der Waals surface area (Å²) in [6.07, 6.45) is -3.16. The molecule has 6 fully saturated rings. The Morgan fingerprint density at radius 1 is 1.13 bits per heavy atom. The Hall–Kier alpha value is -1.26. The lowest BCUT2D eigenvalue weighted by atomic mass is 9.51. The van der Waals surface area contributed by atoms with E-state index in [1.807, 2.05) is 0 Å². The molecule has 4 saturated heterocycles. The SMILES string of the molecule is CO[C@H]1C(=O)OC2OC34C(=O)OC5C[C@@H](C(C)(C)C)C21C53CC1OC(O)[C@@H](C)[C@@]14OC. The van der Waals surface area contributed by atoms with Crippen LogP contribution >= 0.6 is 0 Å². The van der Waals surface area contributed by atoms with Gasteiger partial charge in [-0.15, -0.1) is 0 Å². The van der Waals surface area contributed by atoms with Gasteiger partial charge in [0, 0.05) is 20.1 Å². The summed E-state index contributed by atoms with van der Waals surface area (Å²) in [4.78, 5) is 26.7. The second kappa shape index (κ2) is 5.44. The van der Waals surface area contributed by atoms with Crippen LogP contribution in [0.1, 0.15) is 40.5 Å². The van der Waals surface area contributed by atoms with Gasteiger partial charge in [-0.3, -0.25) is 0 Å². The van der Waals surface area contributed by atoms with Crippen LogP contribution in [0, 0.1) is 28.1 Å². The molecule has 0 amide bonds. The minimum absolute atomic E-state index is 0.0886. The summed E-state index contributed by atoms with van der Waals surface area (Å²) >= 11 is 0. The van der Waals surface area contributed by atoms with Crippen LogP contribution in [0.2, 0.25) is 0 Å². The largest absolute Gasteiger partial charge is 0.459 e. The molecule has 0 radical (unpaired) electrons. The van der Waals surface area contributed by atoms with Crippen molar-refractivity contribution in [3.05, 3.63) is 0 Å². The maximum absolute atomic E-state index is 13.7. The first-order valence-corrected chi connectivity index (χ1v) is 11.0. The summed E-state index contributed by atoms with van der Waals surface area (Å²) in [5.74, 6) is -1.66. The number of aliphatic hydroxyl groups excluding tert-OH is 1. The lowest BCUT2D eigenvalue weighted by Gasteiger charge is -2.48. The quantitative estimate of drug-likeness (QED) is 0.625. The number of hydrogen-bond donors (Lipinski definition) is 1. The van der Waals surface area contributed by atoms with E-state index < -0.39 is 70.8 Å². The molecule has 0 bridgehead atoms. The first kappa shape index (κ1) is 20.4. The van der Waals surface area contributed by atoms with Crippen LogP contribution in [-0.2, 0) is 38.0 Å². The van der Waals surface area contributed by atoms with Crippen LogP contribution < -0.4 is 0 Å². The highest BCUT2D eigenvalue weighted by molar-refractivity contribution is 5.91. The average Bonchev–Trinajstić information content (AvgIpc) is 3.39. The van der Waals surface area contributed by atoms with Gasteiger partial charge in [0.1, 0.15) is 11.7 Å². The molecular formula is C22H30O9. The molecule has 6 rings (SSSR count). The fraction of sp³-hybridized carbons (Fsp3) is 0.909. The zero-order chi connectivity index (χ0) is 22.4. The predicted octanol–water partition coefficient (Wildman–Crippen LogP) is 0.760. The maximum Gasteiger partial charge on any atom is 0.342 e. The van der Waals surface area contributed by atoms with Crippen molar-refractivity contribution in [3.63, 3.8) is 0 Å². The third kappa shape index (κ3) is 1.62. The summed E-state index contributed by atoms with van der Waals surface area (Å²) in [5, 5.41) is 10.6. The molecule has 11 atom stereocenters. The van der Waals surface area contributed by atoms with Crippen molar-refractivity contribution in [2.75, 3.05) is 14.2 Å². The molecule has 2 spiro atoms. The van der Waals surface area contributed by atoms with Gasteiger partial charge in [-0.2, -0.15) is 0 Å². The van der Waals surface area contributed by atoms with Gasteiger partial charge < -0.3 is 33.5 Å². The van der Waals surface area contributed by atoms with E-state index in [9.17, 15) is 14.7 Å². The Bertz CT molecular complexity index is 883. The Labute approximate surface area is 180 Å². The Balaban J connectivity index is 1.69. The topological polar surface area (TPSA) is 110 Å². The lowest BCUT2D eigenvalue weighted by Crippen LogP contribution is -2.67. The second-order valence-electron chi connectivity index (χ2n) is 11.1. The fourth-order valence-corrected chi connectivity index (χ4v) is 8.89. The molecule has 2 saturated carbocycles. The minimum Gasteiger partial charge on any atom is -0.459 e. The van der Waals surface area contributed by atoms with E-state index in [4.69, 9.17) is 28.4 Å². The number of hydrogen-bond acceptors (Lipinski definition) is 9. The monoisotopic (exact) mass is 438 g/mol. The molecule has 31 heavy (non-hydrogen) atoms. The van der Waals surface area contributed by atoms with E-state index in [2.05, 4.69) is 20.8 Å². The number of aliphatic hydroxyl groups is 1. The lowest BCUT2D eigenvalue weighted by molar-refractivity contribution is -0.245. The van der Waals surface area contributed by atoms with E-state index in [0.29, 0.717) is 12.8 Å². The molecule has 4 heterocycles. The van der Waals surface area contributed by atoms with Crippen LogP contribution in [0.15, 0.2) is 0 Å². The van der Waals surface area contributed by atoms with Crippen LogP contribution in [0.25, 0.3) is 0 Å². The Morgan fingerprint density at radius 3 is 2.45 bits per heavy atom. The smallest absolute Gasteiger partial charge is 0.342 e. The highest BCUT2D eigenvalue weighted by atomic mass is 16.8. The van der Waals surface area contributed by atoms with E-state index >= 15 is 0 Å². The van der Waals surface area contributed by atoms with Gasteiger partial charge in [-0.25, -0.2) is 9.59 Å². The van der Waals surface area contributed by atoms with Gasteiger partial charge in [0.25, 0.3) is 0 Å². The standard InChI is InChI=1S/C22H30O9/c1-9-14(23)28-12-8-19-11-7-10(18(2,3)4)20(19)13(26-5)15(24)30-17(20)31-22(19,16(25)29-11)21(9,12)27-6/h9-14,17,23H,7-8H2,1-6H3/t9-,10+,11?,12?,13+,14?,17?,19?,20?,21-,22?/m1/s1. The number of fused-ring (bicyclic) bond motifs is 1. The van der Waals surface area contributed by atoms with Gasteiger partial charge in [-0.05, 0) is 24.2 Å². The third-order valence-electron chi connectivity index (χ3n) is 9.62. The molecule has 172 valence electrons. The van der Waals surface area contributed by atoms with Crippen molar-refractivity contribution in [1.82, 2.24) is 0 Å². The molecule has 9 nitrogen and oxygen atoms in total. The van der Waals surface area contributed by atoms with E-state index in [1.165, 1.54) is 14.2 Å². The zero-order valence-electron chi connectivity index (χ0n) is 18.7. The van der Waals surface area contributed by atoms with Crippen molar-refractivity contribution in [1.29, 1.82) is 0 Å². The van der Waals surface area contributed by atoms with Gasteiger partial charge in [0.15, 0.2) is 12.4 Å². The molecule has 0 aromatic heterocycles. The third-order valence-corrected chi connectivity index (χ3v) is 9.62. The molecule has 9 heteroatoms. The maximum atomic E-state index is 13.7. The Morgan fingerprint density at radius 2 is 1.84 bits per heavy atom. The predicted molar refractivity (Wildman–Crippen MR) is 101 cm³/mol. The second-order valence-corrected chi connectivity index (χ2v) is 11.1. The van der Waals surface area contributed by atoms with Gasteiger partial charge in [0.05, 0.1) is 16.9 Å². The van der Waals surface area contributed by atoms with Crippen LogP contribution in [0.3, 0.4) is 0 Å². The van der Waals surface area contributed by atoms with Gasteiger partial charge >= 0.3 is 11.9 Å². The average molecular weight is 438 g/mol.